The molecule has 1 spiro atoms. The van der Waals surface area contributed by atoms with Gasteiger partial charge in [-0.2, -0.15) is 0 Å². The van der Waals surface area contributed by atoms with Crippen molar-refractivity contribution in [2.45, 2.75) is 42.2 Å². The number of para-hydroxylation sites is 1. The Bertz CT molecular complexity index is 1940. The van der Waals surface area contributed by atoms with Crippen molar-refractivity contribution in [3.05, 3.63) is 117 Å². The number of aromatic nitrogens is 3. The molecule has 3 aromatic carbocycles. The van der Waals surface area contributed by atoms with Gasteiger partial charge in [-0.3, -0.25) is 4.79 Å². The molecule has 10 heteroatoms. The number of sulfonamides is 1. The van der Waals surface area contributed by atoms with Gasteiger partial charge in [0, 0.05) is 17.9 Å². The van der Waals surface area contributed by atoms with Gasteiger partial charge in [-0.15, -0.1) is 0 Å². The molecule has 4 heterocycles. The molecule has 1 amide bonds. The van der Waals surface area contributed by atoms with Crippen LogP contribution in [0.3, 0.4) is 0 Å². The Kier molecular flexibility index (Phi) is 4.45. The largest absolute Gasteiger partial charge is 0.352 e. The van der Waals surface area contributed by atoms with Gasteiger partial charge >= 0.3 is 11.4 Å². The van der Waals surface area contributed by atoms with E-state index in [-0.39, 0.29) is 17.4 Å². The van der Waals surface area contributed by atoms with Crippen molar-refractivity contribution in [3.8, 4) is 5.69 Å². The van der Waals surface area contributed by atoms with Crippen LogP contribution in [0, 0.1) is 18.3 Å². The van der Waals surface area contributed by atoms with Crippen LogP contribution in [-0.4, -0.2) is 39.1 Å². The smallest absolute Gasteiger partial charge is 0.273 e. The van der Waals surface area contributed by atoms with Crippen molar-refractivity contribution in [2.75, 3.05) is 6.54 Å². The Hall–Kier alpha value is -4.18. The molecule has 40 heavy (non-hydrogen) atoms. The van der Waals surface area contributed by atoms with Gasteiger partial charge in [0.2, 0.25) is 5.91 Å². The Morgan fingerprint density at radius 2 is 1.40 bits per heavy atom. The van der Waals surface area contributed by atoms with E-state index in [0.29, 0.717) is 18.5 Å². The zero-order valence-corrected chi connectivity index (χ0v) is 22.5. The minimum atomic E-state index is -4.14. The SMILES string of the molecule is Cc1ccc(S(=O)(=O)N2CC34C5CCC(C3C4(c3ccccc3)C2=O)n2c(=O)n(-c3ccccc3)c(=O)n25)cc1. The average molecular weight is 555 g/mol. The Balaban J connectivity index is 1.34. The summed E-state index contributed by atoms with van der Waals surface area (Å²) >= 11 is 0. The van der Waals surface area contributed by atoms with Gasteiger partial charge in [0.15, 0.2) is 0 Å². The first-order valence-electron chi connectivity index (χ1n) is 13.5. The molecule has 1 saturated heterocycles. The maximum atomic E-state index is 14.5. The van der Waals surface area contributed by atoms with Gasteiger partial charge in [-0.1, -0.05) is 66.2 Å². The highest BCUT2D eigenvalue weighted by atomic mass is 32.2. The van der Waals surface area contributed by atoms with E-state index in [1.54, 1.807) is 41.1 Å². The van der Waals surface area contributed by atoms with E-state index in [9.17, 15) is 22.8 Å². The summed E-state index contributed by atoms with van der Waals surface area (Å²) < 4.78 is 33.1. The number of benzene rings is 3. The second kappa shape index (κ2) is 7.51. The molecule has 0 radical (unpaired) electrons. The second-order valence-corrected chi connectivity index (χ2v) is 13.3. The number of nitrogens with zero attached hydrogens (tertiary/aromatic N) is 4. The molecular weight excluding hydrogens is 528 g/mol. The fourth-order valence-electron chi connectivity index (χ4n) is 8.37. The number of carbonyl (C=O) groups is 1. The number of rotatable bonds is 4. The molecular formula is C30H26N4O5S. The van der Waals surface area contributed by atoms with E-state index in [4.69, 9.17) is 0 Å². The van der Waals surface area contributed by atoms with Crippen LogP contribution < -0.4 is 11.4 Å². The van der Waals surface area contributed by atoms with Gasteiger partial charge in [-0.05, 0) is 49.6 Å². The third kappa shape index (κ3) is 2.50. The summed E-state index contributed by atoms with van der Waals surface area (Å²) in [5.41, 5.74) is -0.709. The quantitative estimate of drug-likeness (QED) is 0.386. The number of hydrogen-bond acceptors (Lipinski definition) is 5. The Labute approximate surface area is 229 Å². The third-order valence-electron chi connectivity index (χ3n) is 9.83. The molecule has 2 bridgehead atoms. The maximum Gasteiger partial charge on any atom is 0.352 e. The second-order valence-electron chi connectivity index (χ2n) is 11.4. The first-order chi connectivity index (χ1) is 19.3. The van der Waals surface area contributed by atoms with E-state index in [2.05, 4.69) is 0 Å². The summed E-state index contributed by atoms with van der Waals surface area (Å²) in [6.45, 7) is 1.85. The topological polar surface area (TPSA) is 103 Å². The molecule has 2 aliphatic carbocycles. The highest BCUT2D eigenvalue weighted by molar-refractivity contribution is 7.89. The van der Waals surface area contributed by atoms with E-state index >= 15 is 0 Å². The monoisotopic (exact) mass is 554 g/mol. The molecule has 2 saturated carbocycles. The number of carbonyl (C=O) groups excluding carboxylic acids is 1. The van der Waals surface area contributed by atoms with Gasteiger partial charge in [0.1, 0.15) is 0 Å². The lowest BCUT2D eigenvalue weighted by atomic mass is 9.78. The molecule has 5 unspecified atom stereocenters. The fraction of sp³-hybridized carbons (Fsp3) is 0.300. The van der Waals surface area contributed by atoms with Gasteiger partial charge in [0.25, 0.3) is 10.0 Å². The number of piperidine rings is 1. The van der Waals surface area contributed by atoms with Crippen LogP contribution in [0.1, 0.15) is 36.1 Å². The van der Waals surface area contributed by atoms with Crippen molar-refractivity contribution >= 4 is 15.9 Å². The van der Waals surface area contributed by atoms with Crippen LogP contribution in [0.2, 0.25) is 0 Å². The first-order valence-corrected chi connectivity index (χ1v) is 14.9. The molecule has 0 N–H and O–H groups in total. The number of amides is 1. The summed E-state index contributed by atoms with van der Waals surface area (Å²) in [5, 5.41) is 0. The lowest BCUT2D eigenvalue weighted by Crippen LogP contribution is -2.50. The van der Waals surface area contributed by atoms with Crippen LogP contribution in [0.15, 0.2) is 99.4 Å². The van der Waals surface area contributed by atoms with Crippen molar-refractivity contribution < 1.29 is 13.2 Å². The zero-order valence-electron chi connectivity index (χ0n) is 21.7. The molecule has 9 nitrogen and oxygen atoms in total. The van der Waals surface area contributed by atoms with Crippen LogP contribution in [0.5, 0.6) is 0 Å². The molecule has 202 valence electrons. The average Bonchev–Trinajstić information content (AvgIpc) is 3.43. The first kappa shape index (κ1) is 23.7. The predicted molar refractivity (Wildman–Crippen MR) is 146 cm³/mol. The fourth-order valence-corrected chi connectivity index (χ4v) is 9.85. The highest BCUT2D eigenvalue weighted by Crippen LogP contribution is 2.85. The van der Waals surface area contributed by atoms with Gasteiger partial charge in [0.05, 0.1) is 28.1 Å². The third-order valence-corrected chi connectivity index (χ3v) is 11.6. The van der Waals surface area contributed by atoms with Crippen molar-refractivity contribution in [3.63, 3.8) is 0 Å². The Morgan fingerprint density at radius 3 is 2.08 bits per heavy atom. The lowest BCUT2D eigenvalue weighted by molar-refractivity contribution is -0.127. The number of fused-ring (bicyclic) bond motifs is 1. The van der Waals surface area contributed by atoms with Crippen molar-refractivity contribution in [1.29, 1.82) is 0 Å². The van der Waals surface area contributed by atoms with E-state index < -0.39 is 50.2 Å². The molecule has 3 aliphatic heterocycles. The van der Waals surface area contributed by atoms with Crippen LogP contribution in [-0.2, 0) is 20.2 Å². The molecule has 5 atom stereocenters. The number of aryl methyl sites for hydroxylation is 1. The summed E-state index contributed by atoms with van der Waals surface area (Å²) in [5.74, 6) is -0.759. The minimum absolute atomic E-state index is 0.0279. The molecule has 3 fully saturated rings. The van der Waals surface area contributed by atoms with Gasteiger partial charge in [-0.25, -0.2) is 36.2 Å². The standard InChI is InChI=1S/C30H26N4O5S/c1-19-12-14-22(15-13-19)40(38,39)31-18-29-24-17-16-23(25(29)30(29,26(31)35)20-8-4-2-5-9-20)33-27(36)32(28(37)34(24)33)21-10-6-3-7-11-21/h2-15,23-25H,16-18H2,1H3. The summed E-state index contributed by atoms with van der Waals surface area (Å²) in [7, 11) is -4.14. The van der Waals surface area contributed by atoms with Crippen molar-refractivity contribution in [2.24, 2.45) is 11.3 Å². The lowest BCUT2D eigenvalue weighted by Gasteiger charge is -2.43. The van der Waals surface area contributed by atoms with Crippen LogP contribution >= 0.6 is 0 Å². The Morgan fingerprint density at radius 1 is 0.775 bits per heavy atom. The van der Waals surface area contributed by atoms with Gasteiger partial charge < -0.3 is 0 Å². The van der Waals surface area contributed by atoms with E-state index in [1.807, 2.05) is 43.3 Å². The van der Waals surface area contributed by atoms with E-state index in [0.717, 1.165) is 15.4 Å². The molecule has 5 aliphatic rings. The molecule has 1 aromatic heterocycles. The zero-order chi connectivity index (χ0) is 27.6. The maximum absolute atomic E-state index is 14.5. The summed E-state index contributed by atoms with van der Waals surface area (Å²) in [4.78, 5) is 42.3. The number of hydrogen-bond donors (Lipinski definition) is 0. The molecule has 4 aromatic rings. The summed E-state index contributed by atoms with van der Waals surface area (Å²) in [6, 6.07) is 23.7. The van der Waals surface area contributed by atoms with Crippen molar-refractivity contribution in [1.82, 2.24) is 18.2 Å². The van der Waals surface area contributed by atoms with Crippen LogP contribution in [0.4, 0.5) is 0 Å². The van der Waals surface area contributed by atoms with E-state index in [1.165, 1.54) is 21.4 Å². The summed E-state index contributed by atoms with van der Waals surface area (Å²) in [6.07, 6.45) is 1.22. The predicted octanol–water partition coefficient (Wildman–Crippen LogP) is 2.78. The molecule has 9 rings (SSSR count). The van der Waals surface area contributed by atoms with Crippen LogP contribution in [0.25, 0.3) is 5.69 Å². The minimum Gasteiger partial charge on any atom is -0.273 e. The highest BCUT2D eigenvalue weighted by Gasteiger charge is 2.92. The normalized spacial score (nSPS) is 29.7.